The van der Waals surface area contributed by atoms with E-state index in [4.69, 9.17) is 9.47 Å². The van der Waals surface area contributed by atoms with Crippen LogP contribution in [0.3, 0.4) is 0 Å². The van der Waals surface area contributed by atoms with E-state index >= 15 is 0 Å². The van der Waals surface area contributed by atoms with Crippen molar-refractivity contribution in [1.82, 2.24) is 9.97 Å². The van der Waals surface area contributed by atoms with Gasteiger partial charge < -0.3 is 9.47 Å². The number of rotatable bonds is 5. The lowest BCUT2D eigenvalue weighted by Crippen LogP contribution is -2.35. The summed E-state index contributed by atoms with van der Waals surface area (Å²) in [5, 5.41) is 2.55. The van der Waals surface area contributed by atoms with Gasteiger partial charge in [0.05, 0.1) is 11.1 Å². The summed E-state index contributed by atoms with van der Waals surface area (Å²) in [6.45, 7) is 14.7. The first-order valence-electron chi connectivity index (χ1n) is 10.3. The van der Waals surface area contributed by atoms with Crippen LogP contribution in [0.2, 0.25) is 0 Å². The molecule has 0 saturated carbocycles. The molecule has 0 spiro atoms. The third-order valence-corrected chi connectivity index (χ3v) is 4.12. The van der Waals surface area contributed by atoms with Crippen molar-refractivity contribution in [3.63, 3.8) is 0 Å². The van der Waals surface area contributed by atoms with Crippen molar-refractivity contribution in [2.75, 3.05) is 5.32 Å². The van der Waals surface area contributed by atoms with Crippen LogP contribution < -0.4 is 5.32 Å². The van der Waals surface area contributed by atoms with E-state index in [9.17, 15) is 9.59 Å². The summed E-state index contributed by atoms with van der Waals surface area (Å²) in [5.41, 5.74) is 0.781. The minimum atomic E-state index is -0.645. The summed E-state index contributed by atoms with van der Waals surface area (Å²) in [6.07, 6.45) is 1.52. The lowest BCUT2D eigenvalue weighted by atomic mass is 9.85. The van der Waals surface area contributed by atoms with Crippen LogP contribution in [0.25, 0.3) is 11.3 Å². The van der Waals surface area contributed by atoms with E-state index in [1.807, 2.05) is 58.9 Å². The maximum absolute atomic E-state index is 12.5. The Morgan fingerprint density at radius 3 is 2.00 bits per heavy atom. The molecule has 0 aliphatic carbocycles. The first-order chi connectivity index (χ1) is 14.1. The number of carbonyl (C=O) groups excluding carboxylic acids is 2. The Kier molecular flexibility index (Phi) is 7.09. The molecule has 31 heavy (non-hydrogen) atoms. The van der Waals surface area contributed by atoms with Crippen LogP contribution in [-0.2, 0) is 20.7 Å². The number of hydrogen-bond acceptors (Lipinski definition) is 6. The van der Waals surface area contributed by atoms with Crippen molar-refractivity contribution in [3.8, 4) is 11.3 Å². The number of anilines is 1. The van der Waals surface area contributed by atoms with E-state index in [2.05, 4.69) is 15.3 Å². The zero-order valence-corrected chi connectivity index (χ0v) is 19.7. The lowest BCUT2D eigenvalue weighted by molar-refractivity contribution is -0.165. The molecule has 0 saturated heterocycles. The van der Waals surface area contributed by atoms with E-state index in [1.54, 1.807) is 33.0 Å². The molecule has 0 bridgehead atoms. The highest BCUT2D eigenvalue weighted by Crippen LogP contribution is 2.27. The fourth-order valence-electron chi connectivity index (χ4n) is 2.77. The molecule has 0 unspecified atom stereocenters. The summed E-state index contributed by atoms with van der Waals surface area (Å²) >= 11 is 0. The SMILES string of the molecule is CC(C)(C)OC(=O)Nc1nccc(-c2ccc(CC(C)(C)C(=O)OC(C)(C)C)cc2)n1. The zero-order valence-electron chi connectivity index (χ0n) is 19.7. The smallest absolute Gasteiger partial charge is 0.414 e. The van der Waals surface area contributed by atoms with Crippen molar-refractivity contribution in [2.24, 2.45) is 5.41 Å². The molecule has 0 aliphatic rings. The Balaban J connectivity index is 2.10. The average molecular weight is 428 g/mol. The van der Waals surface area contributed by atoms with E-state index in [0.717, 1.165) is 11.1 Å². The van der Waals surface area contributed by atoms with Gasteiger partial charge in [-0.05, 0) is 73.4 Å². The number of amides is 1. The second-order valence-corrected chi connectivity index (χ2v) is 10.2. The van der Waals surface area contributed by atoms with E-state index in [-0.39, 0.29) is 11.9 Å². The summed E-state index contributed by atoms with van der Waals surface area (Å²) < 4.78 is 10.8. The molecule has 1 amide bonds. The number of esters is 1. The van der Waals surface area contributed by atoms with Gasteiger partial charge in [0.15, 0.2) is 0 Å². The highest BCUT2D eigenvalue weighted by Gasteiger charge is 2.32. The summed E-state index contributed by atoms with van der Waals surface area (Å²) in [5.74, 6) is -0.0559. The number of ether oxygens (including phenoxy) is 2. The minimum absolute atomic E-state index is 0.168. The van der Waals surface area contributed by atoms with Crippen molar-refractivity contribution < 1.29 is 19.1 Å². The highest BCUT2D eigenvalue weighted by molar-refractivity contribution is 5.83. The first kappa shape index (κ1) is 24.3. The van der Waals surface area contributed by atoms with E-state index in [1.165, 1.54) is 0 Å². The van der Waals surface area contributed by atoms with Crippen LogP contribution in [0.1, 0.15) is 61.0 Å². The third-order valence-electron chi connectivity index (χ3n) is 4.12. The molecule has 7 heteroatoms. The van der Waals surface area contributed by atoms with Crippen molar-refractivity contribution in [1.29, 1.82) is 0 Å². The monoisotopic (exact) mass is 427 g/mol. The van der Waals surface area contributed by atoms with Crippen LogP contribution in [0.5, 0.6) is 0 Å². The highest BCUT2D eigenvalue weighted by atomic mass is 16.6. The van der Waals surface area contributed by atoms with Gasteiger partial charge in [-0.3, -0.25) is 10.1 Å². The minimum Gasteiger partial charge on any atom is -0.460 e. The third kappa shape index (κ3) is 8.00. The largest absolute Gasteiger partial charge is 0.460 e. The maximum atomic E-state index is 12.5. The van der Waals surface area contributed by atoms with Crippen LogP contribution in [0.4, 0.5) is 10.7 Å². The number of benzene rings is 1. The lowest BCUT2D eigenvalue weighted by Gasteiger charge is -2.28. The van der Waals surface area contributed by atoms with E-state index in [0.29, 0.717) is 12.1 Å². The molecule has 1 aromatic heterocycles. The zero-order chi connectivity index (χ0) is 23.4. The van der Waals surface area contributed by atoms with Gasteiger partial charge in [0.25, 0.3) is 0 Å². The van der Waals surface area contributed by atoms with Crippen LogP contribution >= 0.6 is 0 Å². The average Bonchev–Trinajstić information content (AvgIpc) is 2.59. The number of nitrogens with zero attached hydrogens (tertiary/aromatic N) is 2. The van der Waals surface area contributed by atoms with Gasteiger partial charge >= 0.3 is 12.1 Å². The molecule has 0 atom stereocenters. The molecular weight excluding hydrogens is 394 g/mol. The van der Waals surface area contributed by atoms with Gasteiger partial charge in [0.2, 0.25) is 5.95 Å². The molecule has 0 fully saturated rings. The quantitative estimate of drug-likeness (QED) is 0.643. The normalized spacial score (nSPS) is 12.3. The molecule has 0 radical (unpaired) electrons. The first-order valence-corrected chi connectivity index (χ1v) is 10.3. The van der Waals surface area contributed by atoms with Crippen LogP contribution in [0, 0.1) is 5.41 Å². The Morgan fingerprint density at radius 2 is 1.45 bits per heavy atom. The van der Waals surface area contributed by atoms with Crippen molar-refractivity contribution in [3.05, 3.63) is 42.1 Å². The Morgan fingerprint density at radius 1 is 0.871 bits per heavy atom. The molecule has 1 aromatic carbocycles. The van der Waals surface area contributed by atoms with Crippen molar-refractivity contribution >= 4 is 18.0 Å². The second-order valence-electron chi connectivity index (χ2n) is 10.2. The molecule has 168 valence electrons. The molecule has 2 aromatic rings. The maximum Gasteiger partial charge on any atom is 0.414 e. The number of carbonyl (C=O) groups is 2. The van der Waals surface area contributed by atoms with Gasteiger partial charge in [-0.2, -0.15) is 0 Å². The van der Waals surface area contributed by atoms with Crippen LogP contribution in [0.15, 0.2) is 36.5 Å². The number of nitrogens with one attached hydrogen (secondary N) is 1. The molecule has 2 rings (SSSR count). The molecule has 0 aliphatic heterocycles. The predicted octanol–water partition coefficient (Wildman–Crippen LogP) is 5.40. The predicted molar refractivity (Wildman–Crippen MR) is 121 cm³/mol. The van der Waals surface area contributed by atoms with Gasteiger partial charge in [-0.15, -0.1) is 0 Å². The Bertz CT molecular complexity index is 923. The number of aromatic nitrogens is 2. The molecule has 7 nitrogen and oxygen atoms in total. The summed E-state index contributed by atoms with van der Waals surface area (Å²) in [6, 6.07) is 9.55. The molecular formula is C24H33N3O4. The summed E-state index contributed by atoms with van der Waals surface area (Å²) in [4.78, 5) is 32.9. The number of hydrogen-bond donors (Lipinski definition) is 1. The second kappa shape index (κ2) is 9.04. The van der Waals surface area contributed by atoms with Crippen LogP contribution in [-0.4, -0.2) is 33.2 Å². The topological polar surface area (TPSA) is 90.4 Å². The van der Waals surface area contributed by atoms with Gasteiger partial charge in [-0.1, -0.05) is 24.3 Å². The fourth-order valence-corrected chi connectivity index (χ4v) is 2.77. The fraction of sp³-hybridized carbons (Fsp3) is 0.500. The van der Waals surface area contributed by atoms with Crippen molar-refractivity contribution in [2.45, 2.75) is 73.0 Å². The van der Waals surface area contributed by atoms with E-state index < -0.39 is 22.7 Å². The van der Waals surface area contributed by atoms with Gasteiger partial charge in [0, 0.05) is 11.8 Å². The standard InChI is InChI=1S/C24H33N3O4/c1-22(2,3)30-19(28)24(7,8)15-16-9-11-17(12-10-16)18-13-14-25-20(26-18)27-21(29)31-23(4,5)6/h9-14H,15H2,1-8H3,(H,25,26,27,29). The Hall–Kier alpha value is -2.96. The molecule has 1 heterocycles. The Labute approximate surface area is 184 Å². The molecule has 1 N–H and O–H groups in total. The van der Waals surface area contributed by atoms with Gasteiger partial charge in [0.1, 0.15) is 11.2 Å². The summed E-state index contributed by atoms with van der Waals surface area (Å²) in [7, 11) is 0. The van der Waals surface area contributed by atoms with Gasteiger partial charge in [-0.25, -0.2) is 14.8 Å².